The molecule has 0 bridgehead atoms. The van der Waals surface area contributed by atoms with Crippen molar-refractivity contribution in [3.8, 4) is 0 Å². The van der Waals surface area contributed by atoms with Crippen LogP contribution in [0, 0.1) is 0 Å². The number of hydrogen-bond acceptors (Lipinski definition) is 3. The lowest BCUT2D eigenvalue weighted by Gasteiger charge is -2.37. The Morgan fingerprint density at radius 3 is 2.29 bits per heavy atom. The highest BCUT2D eigenvalue weighted by atomic mass is 15.3. The van der Waals surface area contributed by atoms with Crippen molar-refractivity contribution in [1.29, 1.82) is 0 Å². The molecule has 0 aromatic carbocycles. The second-order valence-corrected chi connectivity index (χ2v) is 5.50. The van der Waals surface area contributed by atoms with Gasteiger partial charge in [0.1, 0.15) is 0 Å². The molecule has 0 aromatic heterocycles. The quantitative estimate of drug-likeness (QED) is 0.672. The van der Waals surface area contributed by atoms with Crippen molar-refractivity contribution in [2.24, 2.45) is 0 Å². The van der Waals surface area contributed by atoms with Crippen molar-refractivity contribution in [1.82, 2.24) is 14.7 Å². The highest BCUT2D eigenvalue weighted by Gasteiger charge is 2.19. The van der Waals surface area contributed by atoms with Crippen LogP contribution in [-0.2, 0) is 0 Å². The third-order valence-corrected chi connectivity index (χ3v) is 4.02. The van der Waals surface area contributed by atoms with Gasteiger partial charge in [-0.15, -0.1) is 0 Å². The van der Waals surface area contributed by atoms with E-state index in [1.165, 1.54) is 58.5 Å². The summed E-state index contributed by atoms with van der Waals surface area (Å²) < 4.78 is 0. The van der Waals surface area contributed by atoms with E-state index in [0.717, 1.165) is 6.04 Å². The van der Waals surface area contributed by atoms with Crippen molar-refractivity contribution < 1.29 is 0 Å². The van der Waals surface area contributed by atoms with E-state index in [4.69, 9.17) is 0 Å². The molecular weight excluding hydrogens is 210 g/mol. The van der Waals surface area contributed by atoms with Crippen LogP contribution in [0.25, 0.3) is 0 Å². The maximum atomic E-state index is 2.64. The molecule has 0 spiro atoms. The highest BCUT2D eigenvalue weighted by Crippen LogP contribution is 2.08. The highest BCUT2D eigenvalue weighted by molar-refractivity contribution is 4.76. The van der Waals surface area contributed by atoms with Crippen molar-refractivity contribution in [2.45, 2.75) is 39.2 Å². The van der Waals surface area contributed by atoms with Gasteiger partial charge in [-0.2, -0.15) is 0 Å². The minimum atomic E-state index is 0.741. The lowest BCUT2D eigenvalue weighted by Crippen LogP contribution is -2.49. The first-order valence-corrected chi connectivity index (χ1v) is 7.28. The number of hydrogen-bond donors (Lipinski definition) is 0. The fourth-order valence-corrected chi connectivity index (χ4v) is 2.50. The molecule has 0 amide bonds. The third-order valence-electron chi connectivity index (χ3n) is 4.02. The van der Waals surface area contributed by atoms with E-state index in [1.54, 1.807) is 0 Å². The molecule has 1 fully saturated rings. The van der Waals surface area contributed by atoms with E-state index in [-0.39, 0.29) is 0 Å². The summed E-state index contributed by atoms with van der Waals surface area (Å²) in [4.78, 5) is 7.62. The number of unbranched alkanes of at least 4 members (excludes halogenated alkanes) is 1. The average Bonchev–Trinajstić information content (AvgIpc) is 2.35. The van der Waals surface area contributed by atoms with E-state index >= 15 is 0 Å². The molecule has 3 nitrogen and oxygen atoms in total. The van der Waals surface area contributed by atoms with Crippen LogP contribution in [-0.4, -0.2) is 74.1 Å². The largest absolute Gasteiger partial charge is 0.304 e. The first-order valence-electron chi connectivity index (χ1n) is 7.28. The summed E-state index contributed by atoms with van der Waals surface area (Å²) in [6, 6.07) is 0.741. The Labute approximate surface area is 108 Å². The van der Waals surface area contributed by atoms with E-state index < -0.39 is 0 Å². The standard InChI is InChI=1S/C14H31N3/c1-5-7-8-16(4)14(6-2)13-17-11-9-15(3)10-12-17/h14H,5-13H2,1-4H3. The summed E-state index contributed by atoms with van der Waals surface area (Å²) in [5, 5.41) is 0. The summed E-state index contributed by atoms with van der Waals surface area (Å²) in [6.45, 7) is 12.1. The number of piperazine rings is 1. The van der Waals surface area contributed by atoms with Crippen molar-refractivity contribution in [3.05, 3.63) is 0 Å². The van der Waals surface area contributed by atoms with Gasteiger partial charge in [0.05, 0.1) is 0 Å². The summed E-state index contributed by atoms with van der Waals surface area (Å²) in [7, 11) is 4.52. The predicted octanol–water partition coefficient (Wildman–Crippen LogP) is 1.74. The molecule has 1 aliphatic rings. The van der Waals surface area contributed by atoms with E-state index in [9.17, 15) is 0 Å². The topological polar surface area (TPSA) is 9.72 Å². The number of likely N-dealkylation sites (N-methyl/N-ethyl adjacent to an activating group) is 2. The van der Waals surface area contributed by atoms with Crippen LogP contribution in [0.3, 0.4) is 0 Å². The summed E-state index contributed by atoms with van der Waals surface area (Å²) in [5.74, 6) is 0. The molecule has 17 heavy (non-hydrogen) atoms. The summed E-state index contributed by atoms with van der Waals surface area (Å²) >= 11 is 0. The Balaban J connectivity index is 2.30. The van der Waals surface area contributed by atoms with Gasteiger partial charge in [-0.05, 0) is 33.5 Å². The van der Waals surface area contributed by atoms with Crippen molar-refractivity contribution in [2.75, 3.05) is 53.4 Å². The minimum Gasteiger partial charge on any atom is -0.304 e. The van der Waals surface area contributed by atoms with Crippen molar-refractivity contribution >= 4 is 0 Å². The molecule has 1 rings (SSSR count). The van der Waals surface area contributed by atoms with Gasteiger partial charge in [-0.3, -0.25) is 4.90 Å². The maximum absolute atomic E-state index is 2.64. The fraction of sp³-hybridized carbons (Fsp3) is 1.00. The van der Waals surface area contributed by atoms with E-state index in [0.29, 0.717) is 0 Å². The van der Waals surface area contributed by atoms with Gasteiger partial charge in [-0.1, -0.05) is 20.3 Å². The molecule has 0 N–H and O–H groups in total. The zero-order valence-corrected chi connectivity index (χ0v) is 12.3. The SMILES string of the molecule is CCCCN(C)C(CC)CN1CCN(C)CC1. The van der Waals surface area contributed by atoms with Gasteiger partial charge in [0.25, 0.3) is 0 Å². The van der Waals surface area contributed by atoms with Crippen molar-refractivity contribution in [3.63, 3.8) is 0 Å². The first kappa shape index (κ1) is 14.9. The lowest BCUT2D eigenvalue weighted by molar-refractivity contribution is 0.109. The molecule has 1 heterocycles. The van der Waals surface area contributed by atoms with Crippen LogP contribution in [0.5, 0.6) is 0 Å². The molecule has 0 radical (unpaired) electrons. The Kier molecular flexibility index (Phi) is 7.09. The molecule has 102 valence electrons. The van der Waals surface area contributed by atoms with E-state index in [1.807, 2.05) is 0 Å². The van der Waals surface area contributed by atoms with Crippen LogP contribution in [0.2, 0.25) is 0 Å². The molecule has 1 unspecified atom stereocenters. The number of nitrogens with zero attached hydrogens (tertiary/aromatic N) is 3. The monoisotopic (exact) mass is 241 g/mol. The Morgan fingerprint density at radius 2 is 1.76 bits per heavy atom. The Bertz CT molecular complexity index is 188. The van der Waals surface area contributed by atoms with Crippen LogP contribution < -0.4 is 0 Å². The zero-order chi connectivity index (χ0) is 12.7. The summed E-state index contributed by atoms with van der Waals surface area (Å²) in [5.41, 5.74) is 0. The molecule has 3 heteroatoms. The van der Waals surface area contributed by atoms with Gasteiger partial charge in [0.15, 0.2) is 0 Å². The number of rotatable bonds is 7. The summed E-state index contributed by atoms with van der Waals surface area (Å²) in [6.07, 6.45) is 3.90. The lowest BCUT2D eigenvalue weighted by atomic mass is 10.1. The van der Waals surface area contributed by atoms with Gasteiger partial charge in [-0.25, -0.2) is 0 Å². The average molecular weight is 241 g/mol. The molecule has 1 saturated heterocycles. The van der Waals surface area contributed by atoms with Crippen LogP contribution >= 0.6 is 0 Å². The molecule has 0 saturated carbocycles. The van der Waals surface area contributed by atoms with Gasteiger partial charge >= 0.3 is 0 Å². The van der Waals surface area contributed by atoms with Gasteiger partial charge < -0.3 is 9.80 Å². The smallest absolute Gasteiger partial charge is 0.0217 e. The Hall–Kier alpha value is -0.120. The molecular formula is C14H31N3. The predicted molar refractivity (Wildman–Crippen MR) is 75.6 cm³/mol. The van der Waals surface area contributed by atoms with Gasteiger partial charge in [0.2, 0.25) is 0 Å². The second kappa shape index (κ2) is 8.06. The Morgan fingerprint density at radius 1 is 1.12 bits per heavy atom. The molecule has 0 aliphatic carbocycles. The maximum Gasteiger partial charge on any atom is 0.0217 e. The molecule has 1 atom stereocenters. The van der Waals surface area contributed by atoms with Gasteiger partial charge in [0, 0.05) is 38.8 Å². The van der Waals surface area contributed by atoms with Crippen LogP contribution in [0.1, 0.15) is 33.1 Å². The molecule has 0 aromatic rings. The fourth-order valence-electron chi connectivity index (χ4n) is 2.50. The molecule has 1 aliphatic heterocycles. The van der Waals surface area contributed by atoms with Crippen LogP contribution in [0.4, 0.5) is 0 Å². The first-order chi connectivity index (χ1) is 8.17. The second-order valence-electron chi connectivity index (χ2n) is 5.50. The zero-order valence-electron chi connectivity index (χ0n) is 12.3. The minimum absolute atomic E-state index is 0.741. The third kappa shape index (κ3) is 5.36. The normalized spacial score (nSPS) is 21.0. The van der Waals surface area contributed by atoms with Crippen LogP contribution in [0.15, 0.2) is 0 Å². The van der Waals surface area contributed by atoms with E-state index in [2.05, 4.69) is 42.6 Å².